The number of rotatable bonds is 2. The van der Waals surface area contributed by atoms with E-state index in [1.165, 1.54) is 0 Å². The Morgan fingerprint density at radius 3 is 1.82 bits per heavy atom. The summed E-state index contributed by atoms with van der Waals surface area (Å²) in [6.45, 7) is 0. The fraction of sp³-hybridized carbons (Fsp3) is 0. The van der Waals surface area contributed by atoms with Gasteiger partial charge in [0.15, 0.2) is 17.5 Å². The minimum Gasteiger partial charge on any atom is -0.225 e. The van der Waals surface area contributed by atoms with Crippen LogP contribution < -0.4 is 5.14 Å². The van der Waals surface area contributed by atoms with Crippen molar-refractivity contribution < 1.29 is 34.8 Å². The van der Waals surface area contributed by atoms with E-state index in [1.807, 2.05) is 0 Å². The molecule has 0 saturated heterocycles. The summed E-state index contributed by atoms with van der Waals surface area (Å²) in [5, 5.41) is 4.67. The van der Waals surface area contributed by atoms with E-state index in [9.17, 15) is 34.8 Å². The molecule has 0 aliphatic carbocycles. The fourth-order valence-electron chi connectivity index (χ4n) is 1.75. The minimum atomic E-state index is -4.68. The summed E-state index contributed by atoms with van der Waals surface area (Å²) >= 11 is 0. The van der Waals surface area contributed by atoms with Gasteiger partial charge in [-0.15, -0.1) is 0 Å². The first-order chi connectivity index (χ1) is 10.0. The van der Waals surface area contributed by atoms with Crippen LogP contribution in [0.5, 0.6) is 0 Å². The Bertz CT molecular complexity index is 882. The van der Waals surface area contributed by atoms with Crippen molar-refractivity contribution in [2.75, 3.05) is 0 Å². The maximum Gasteiger partial charge on any atom is 0.240 e. The van der Waals surface area contributed by atoms with Gasteiger partial charge in [0, 0.05) is 17.7 Å². The highest BCUT2D eigenvalue weighted by molar-refractivity contribution is 7.89. The molecule has 0 fully saturated rings. The fourth-order valence-corrected chi connectivity index (χ4v) is 2.36. The average molecular weight is 341 g/mol. The molecule has 3 nitrogen and oxygen atoms in total. The number of benzene rings is 2. The summed E-state index contributed by atoms with van der Waals surface area (Å²) in [6, 6.07) is 0.140. The van der Waals surface area contributed by atoms with Crippen molar-refractivity contribution in [3.8, 4) is 11.1 Å². The molecule has 0 amide bonds. The van der Waals surface area contributed by atoms with Crippen LogP contribution in [0.2, 0.25) is 0 Å². The highest BCUT2D eigenvalue weighted by Crippen LogP contribution is 2.33. The second kappa shape index (κ2) is 5.29. The van der Waals surface area contributed by atoms with Gasteiger partial charge < -0.3 is 0 Å². The third-order valence-corrected chi connectivity index (χ3v) is 3.64. The number of hydrogen-bond acceptors (Lipinski definition) is 2. The highest BCUT2D eigenvalue weighted by Gasteiger charge is 2.26. The molecule has 0 heterocycles. The van der Waals surface area contributed by atoms with E-state index in [2.05, 4.69) is 5.14 Å². The molecule has 2 rings (SSSR count). The summed E-state index contributed by atoms with van der Waals surface area (Å²) in [5.74, 6) is -11.0. The Morgan fingerprint density at radius 1 is 0.727 bits per heavy atom. The highest BCUT2D eigenvalue weighted by atomic mass is 32.2. The normalized spacial score (nSPS) is 11.8. The van der Waals surface area contributed by atoms with Crippen LogP contribution in [0, 0.1) is 34.9 Å². The first-order valence-electron chi connectivity index (χ1n) is 5.39. The van der Waals surface area contributed by atoms with Crippen LogP contribution in [0.15, 0.2) is 23.1 Å². The molecule has 0 spiro atoms. The molecule has 2 N–H and O–H groups in total. The predicted molar refractivity (Wildman–Crippen MR) is 63.0 cm³/mol. The molecule has 0 aromatic heterocycles. The largest absolute Gasteiger partial charge is 0.240 e. The topological polar surface area (TPSA) is 60.2 Å². The van der Waals surface area contributed by atoms with Crippen LogP contribution >= 0.6 is 0 Å². The van der Waals surface area contributed by atoms with Gasteiger partial charge in [0.1, 0.15) is 22.3 Å². The van der Waals surface area contributed by atoms with Gasteiger partial charge >= 0.3 is 0 Å². The van der Waals surface area contributed by atoms with E-state index in [4.69, 9.17) is 0 Å². The molecule has 2 aromatic rings. The van der Waals surface area contributed by atoms with Gasteiger partial charge in [0.05, 0.1) is 5.56 Å². The smallest absolute Gasteiger partial charge is 0.225 e. The third kappa shape index (κ3) is 2.66. The van der Waals surface area contributed by atoms with Crippen LogP contribution in [0.1, 0.15) is 0 Å². The Kier molecular flexibility index (Phi) is 3.92. The Morgan fingerprint density at radius 2 is 1.27 bits per heavy atom. The van der Waals surface area contributed by atoms with Gasteiger partial charge in [0.2, 0.25) is 10.0 Å². The van der Waals surface area contributed by atoms with Crippen molar-refractivity contribution in [2.45, 2.75) is 4.90 Å². The van der Waals surface area contributed by atoms with Crippen molar-refractivity contribution in [3.05, 3.63) is 53.1 Å². The second-order valence-corrected chi connectivity index (χ2v) is 5.68. The lowest BCUT2D eigenvalue weighted by molar-refractivity contribution is 0.436. The van der Waals surface area contributed by atoms with E-state index in [0.29, 0.717) is 0 Å². The average Bonchev–Trinajstić information content (AvgIpc) is 2.37. The van der Waals surface area contributed by atoms with Crippen LogP contribution in [-0.4, -0.2) is 8.42 Å². The molecular weight excluding hydrogens is 336 g/mol. The molecule has 0 aliphatic rings. The monoisotopic (exact) mass is 341 g/mol. The molecule has 22 heavy (non-hydrogen) atoms. The molecule has 118 valence electrons. The number of nitrogens with two attached hydrogens (primary N) is 1. The minimum absolute atomic E-state index is 0.00915. The van der Waals surface area contributed by atoms with Gasteiger partial charge in [-0.25, -0.2) is 39.9 Å². The Hall–Kier alpha value is -2.07. The molecule has 0 radical (unpaired) electrons. The van der Waals surface area contributed by atoms with E-state index >= 15 is 0 Å². The zero-order chi connectivity index (χ0) is 16.8. The second-order valence-electron chi connectivity index (χ2n) is 4.15. The van der Waals surface area contributed by atoms with E-state index in [-0.39, 0.29) is 18.2 Å². The zero-order valence-electron chi connectivity index (χ0n) is 10.3. The Labute approximate surface area is 120 Å². The molecule has 0 saturated carbocycles. The maximum absolute atomic E-state index is 13.7. The third-order valence-electron chi connectivity index (χ3n) is 2.71. The van der Waals surface area contributed by atoms with Gasteiger partial charge in [-0.05, 0) is 6.07 Å². The van der Waals surface area contributed by atoms with Crippen LogP contribution in [0.4, 0.5) is 26.3 Å². The summed E-state index contributed by atoms with van der Waals surface area (Å²) in [6.07, 6.45) is 0. The van der Waals surface area contributed by atoms with Gasteiger partial charge in [-0.3, -0.25) is 0 Å². The summed E-state index contributed by atoms with van der Waals surface area (Å²) in [4.78, 5) is -1.26. The predicted octanol–water partition coefficient (Wildman–Crippen LogP) is 2.84. The molecular formula is C12H5F6NO2S. The van der Waals surface area contributed by atoms with Crippen molar-refractivity contribution in [1.82, 2.24) is 0 Å². The molecule has 10 heteroatoms. The number of sulfonamides is 1. The van der Waals surface area contributed by atoms with E-state index < -0.39 is 60.9 Å². The van der Waals surface area contributed by atoms with Crippen molar-refractivity contribution in [2.24, 2.45) is 5.14 Å². The molecule has 2 aromatic carbocycles. The van der Waals surface area contributed by atoms with Crippen LogP contribution in [-0.2, 0) is 10.0 Å². The zero-order valence-corrected chi connectivity index (χ0v) is 11.1. The van der Waals surface area contributed by atoms with Crippen molar-refractivity contribution >= 4 is 10.0 Å². The first kappa shape index (κ1) is 16.3. The number of halogens is 6. The summed E-state index contributed by atoms with van der Waals surface area (Å²) in [5.41, 5.74) is -2.51. The van der Waals surface area contributed by atoms with Crippen molar-refractivity contribution in [3.63, 3.8) is 0 Å². The number of hydrogen-bond donors (Lipinski definition) is 1. The van der Waals surface area contributed by atoms with Gasteiger partial charge in [-0.1, -0.05) is 0 Å². The summed E-state index contributed by atoms with van der Waals surface area (Å²) in [7, 11) is -4.68. The van der Waals surface area contributed by atoms with E-state index in [1.54, 1.807) is 0 Å². The van der Waals surface area contributed by atoms with Crippen LogP contribution in [0.25, 0.3) is 11.1 Å². The molecule has 0 atom stereocenters. The standard InChI is InChI=1S/C12H5F6NO2S/c13-5-2-6(14)9(22(19,20)21)1-4(5)10-7(15)3-8(16)11(17)12(10)18/h1-3H,(H2,19,20,21). The van der Waals surface area contributed by atoms with Crippen molar-refractivity contribution in [1.29, 1.82) is 0 Å². The molecule has 0 unspecified atom stereocenters. The lowest BCUT2D eigenvalue weighted by atomic mass is 10.0. The summed E-state index contributed by atoms with van der Waals surface area (Å²) < 4.78 is 103. The molecule has 0 bridgehead atoms. The SMILES string of the molecule is NS(=O)(=O)c1cc(-c2c(F)cc(F)c(F)c2F)c(F)cc1F. The van der Waals surface area contributed by atoms with Gasteiger partial charge in [0.25, 0.3) is 0 Å². The lowest BCUT2D eigenvalue weighted by Gasteiger charge is -2.10. The lowest BCUT2D eigenvalue weighted by Crippen LogP contribution is -2.15. The molecule has 0 aliphatic heterocycles. The maximum atomic E-state index is 13.7. The Balaban J connectivity index is 2.88. The quantitative estimate of drug-likeness (QED) is 0.519. The van der Waals surface area contributed by atoms with E-state index in [0.717, 1.165) is 0 Å². The van der Waals surface area contributed by atoms with Gasteiger partial charge in [-0.2, -0.15) is 0 Å². The number of primary sulfonamides is 1. The van der Waals surface area contributed by atoms with Crippen LogP contribution in [0.3, 0.4) is 0 Å². The first-order valence-corrected chi connectivity index (χ1v) is 6.94.